The van der Waals surface area contributed by atoms with Crippen molar-refractivity contribution >= 4 is 38.3 Å². The Kier molecular flexibility index (Phi) is 4.38. The quantitative estimate of drug-likeness (QED) is 0.744. The maximum atomic E-state index is 13.2. The number of pyridine rings is 1. The summed E-state index contributed by atoms with van der Waals surface area (Å²) in [7, 11) is -3.77. The molecule has 2 aromatic heterocycles. The number of benzene rings is 1. The van der Waals surface area contributed by atoms with Gasteiger partial charge in [-0.15, -0.1) is 0 Å². The summed E-state index contributed by atoms with van der Waals surface area (Å²) in [5.74, 6) is 0. The fourth-order valence-corrected chi connectivity index (χ4v) is 4.99. The lowest BCUT2D eigenvalue weighted by Gasteiger charge is -2.32. The number of halogens is 1. The van der Waals surface area contributed by atoms with Crippen LogP contribution in [0.2, 0.25) is 5.02 Å². The van der Waals surface area contributed by atoms with Gasteiger partial charge in [0.25, 0.3) is 10.0 Å². The zero-order chi connectivity index (χ0) is 18.3. The highest BCUT2D eigenvalue weighted by molar-refractivity contribution is 7.90. The summed E-state index contributed by atoms with van der Waals surface area (Å²) < 4.78 is 27.7. The molecule has 0 amide bonds. The van der Waals surface area contributed by atoms with Crippen molar-refractivity contribution in [3.05, 3.63) is 53.8 Å². The SMILES string of the molecule is C[C@H]1CN(c2cn(S(=O)(=O)c3cccc(Cl)c3)c3cccnc23)CCN1. The molecule has 1 saturated heterocycles. The summed E-state index contributed by atoms with van der Waals surface area (Å²) in [6.07, 6.45) is 3.36. The van der Waals surface area contributed by atoms with E-state index in [0.717, 1.165) is 25.3 Å². The minimum Gasteiger partial charge on any atom is -0.366 e. The predicted octanol–water partition coefficient (Wildman–Crippen LogP) is 2.72. The third-order valence-corrected chi connectivity index (χ3v) is 6.47. The van der Waals surface area contributed by atoms with E-state index in [9.17, 15) is 8.42 Å². The first-order chi connectivity index (χ1) is 12.5. The molecule has 4 rings (SSSR count). The van der Waals surface area contributed by atoms with Crippen LogP contribution >= 0.6 is 11.6 Å². The topological polar surface area (TPSA) is 67.2 Å². The van der Waals surface area contributed by atoms with E-state index in [-0.39, 0.29) is 4.90 Å². The van der Waals surface area contributed by atoms with Gasteiger partial charge in [-0.1, -0.05) is 17.7 Å². The van der Waals surface area contributed by atoms with E-state index in [1.807, 2.05) is 0 Å². The van der Waals surface area contributed by atoms with E-state index in [4.69, 9.17) is 11.6 Å². The Labute approximate surface area is 157 Å². The Morgan fingerprint density at radius 3 is 2.88 bits per heavy atom. The highest BCUT2D eigenvalue weighted by atomic mass is 35.5. The van der Waals surface area contributed by atoms with Crippen LogP contribution in [0.25, 0.3) is 11.0 Å². The second kappa shape index (κ2) is 6.57. The largest absolute Gasteiger partial charge is 0.366 e. The molecule has 0 unspecified atom stereocenters. The molecule has 3 aromatic rings. The first-order valence-electron chi connectivity index (χ1n) is 8.42. The average Bonchev–Trinajstić information content (AvgIpc) is 3.02. The van der Waals surface area contributed by atoms with Crippen LogP contribution < -0.4 is 10.2 Å². The van der Waals surface area contributed by atoms with E-state index >= 15 is 0 Å². The van der Waals surface area contributed by atoms with E-state index < -0.39 is 10.0 Å². The lowest BCUT2D eigenvalue weighted by molar-refractivity contribution is 0.485. The summed E-state index contributed by atoms with van der Waals surface area (Å²) in [5.41, 5.74) is 2.08. The minimum absolute atomic E-state index is 0.158. The van der Waals surface area contributed by atoms with Crippen molar-refractivity contribution in [3.63, 3.8) is 0 Å². The summed E-state index contributed by atoms with van der Waals surface area (Å²) in [4.78, 5) is 6.79. The zero-order valence-electron chi connectivity index (χ0n) is 14.3. The van der Waals surface area contributed by atoms with Crippen molar-refractivity contribution in [2.24, 2.45) is 0 Å². The molecule has 3 heterocycles. The van der Waals surface area contributed by atoms with E-state index in [2.05, 4.69) is 22.1 Å². The van der Waals surface area contributed by atoms with Crippen LogP contribution in [-0.2, 0) is 10.0 Å². The molecule has 8 heteroatoms. The molecule has 0 aliphatic carbocycles. The number of aromatic nitrogens is 2. The third-order valence-electron chi connectivity index (χ3n) is 4.57. The Morgan fingerprint density at radius 2 is 2.12 bits per heavy atom. The summed E-state index contributed by atoms with van der Waals surface area (Å²) in [6.45, 7) is 4.56. The molecule has 1 aliphatic rings. The van der Waals surface area contributed by atoms with Crippen molar-refractivity contribution in [1.82, 2.24) is 14.3 Å². The number of nitrogens with one attached hydrogen (secondary N) is 1. The van der Waals surface area contributed by atoms with Crippen LogP contribution in [-0.4, -0.2) is 43.1 Å². The highest BCUT2D eigenvalue weighted by Gasteiger charge is 2.26. The van der Waals surface area contributed by atoms with Crippen molar-refractivity contribution in [2.45, 2.75) is 17.9 Å². The Bertz CT molecular complexity index is 1060. The number of piperazine rings is 1. The molecule has 0 radical (unpaired) electrons. The van der Waals surface area contributed by atoms with Crippen LogP contribution in [0.5, 0.6) is 0 Å². The molecular formula is C18H19ClN4O2S. The van der Waals surface area contributed by atoms with Gasteiger partial charge in [-0.3, -0.25) is 4.98 Å². The van der Waals surface area contributed by atoms with Gasteiger partial charge < -0.3 is 10.2 Å². The van der Waals surface area contributed by atoms with Gasteiger partial charge in [-0.05, 0) is 37.3 Å². The zero-order valence-corrected chi connectivity index (χ0v) is 15.8. The molecule has 1 fully saturated rings. The molecular weight excluding hydrogens is 372 g/mol. The average molecular weight is 391 g/mol. The van der Waals surface area contributed by atoms with Gasteiger partial charge >= 0.3 is 0 Å². The van der Waals surface area contributed by atoms with Crippen LogP contribution in [0.3, 0.4) is 0 Å². The lowest BCUT2D eigenvalue weighted by atomic mass is 10.2. The van der Waals surface area contributed by atoms with Crippen LogP contribution in [0.15, 0.2) is 53.7 Å². The summed E-state index contributed by atoms with van der Waals surface area (Å²) in [5, 5.41) is 3.78. The molecule has 26 heavy (non-hydrogen) atoms. The maximum absolute atomic E-state index is 13.2. The van der Waals surface area contributed by atoms with Crippen molar-refractivity contribution < 1.29 is 8.42 Å². The van der Waals surface area contributed by atoms with Gasteiger partial charge in [0.1, 0.15) is 5.52 Å². The number of fused-ring (bicyclic) bond motifs is 1. The van der Waals surface area contributed by atoms with Crippen molar-refractivity contribution in [3.8, 4) is 0 Å². The van der Waals surface area contributed by atoms with Gasteiger partial charge in [0.15, 0.2) is 0 Å². The fraction of sp³-hybridized carbons (Fsp3) is 0.278. The number of rotatable bonds is 3. The second-order valence-corrected chi connectivity index (χ2v) is 8.70. The Balaban J connectivity index is 1.88. The lowest BCUT2D eigenvalue weighted by Crippen LogP contribution is -2.49. The summed E-state index contributed by atoms with van der Waals surface area (Å²) in [6, 6.07) is 10.2. The smallest absolute Gasteiger partial charge is 0.268 e. The third kappa shape index (κ3) is 2.96. The standard InChI is InChI=1S/C18H19ClN4O2S/c1-13-11-22(9-8-20-13)17-12-23(16-6-3-7-21-18(16)17)26(24,25)15-5-2-4-14(19)10-15/h2-7,10,12-13,20H,8-9,11H2,1H3/t13-/m0/s1. The minimum atomic E-state index is -3.77. The number of hydrogen-bond donors (Lipinski definition) is 1. The first-order valence-corrected chi connectivity index (χ1v) is 10.2. The van der Waals surface area contributed by atoms with Gasteiger partial charge in [-0.2, -0.15) is 0 Å². The number of nitrogens with zero attached hydrogens (tertiary/aromatic N) is 3. The fourth-order valence-electron chi connectivity index (χ4n) is 3.34. The van der Waals surface area contributed by atoms with E-state index in [1.165, 1.54) is 10.0 Å². The molecule has 1 N–H and O–H groups in total. The Hall–Kier alpha value is -2.09. The first kappa shape index (κ1) is 17.3. The molecule has 0 bridgehead atoms. The van der Waals surface area contributed by atoms with Crippen LogP contribution in [0.4, 0.5) is 5.69 Å². The normalized spacial score (nSPS) is 18.4. The second-order valence-electron chi connectivity index (χ2n) is 6.44. The summed E-state index contributed by atoms with van der Waals surface area (Å²) >= 11 is 6.00. The molecule has 6 nitrogen and oxygen atoms in total. The van der Waals surface area contributed by atoms with Crippen molar-refractivity contribution in [2.75, 3.05) is 24.5 Å². The number of anilines is 1. The van der Waals surface area contributed by atoms with Gasteiger partial charge in [0.2, 0.25) is 0 Å². The van der Waals surface area contributed by atoms with E-state index in [0.29, 0.717) is 22.1 Å². The van der Waals surface area contributed by atoms with Gasteiger partial charge in [-0.25, -0.2) is 12.4 Å². The van der Waals surface area contributed by atoms with E-state index in [1.54, 1.807) is 42.7 Å². The molecule has 0 spiro atoms. The monoisotopic (exact) mass is 390 g/mol. The predicted molar refractivity (Wildman–Crippen MR) is 103 cm³/mol. The molecule has 1 aliphatic heterocycles. The molecule has 1 atom stereocenters. The Morgan fingerprint density at radius 1 is 1.27 bits per heavy atom. The maximum Gasteiger partial charge on any atom is 0.268 e. The molecule has 136 valence electrons. The van der Waals surface area contributed by atoms with Gasteiger partial charge in [0, 0.05) is 43.1 Å². The van der Waals surface area contributed by atoms with Crippen molar-refractivity contribution in [1.29, 1.82) is 0 Å². The van der Waals surface area contributed by atoms with Crippen LogP contribution in [0, 0.1) is 0 Å². The molecule has 1 aromatic carbocycles. The highest BCUT2D eigenvalue weighted by Crippen LogP contribution is 2.31. The number of hydrogen-bond acceptors (Lipinski definition) is 5. The molecule has 0 saturated carbocycles. The van der Waals surface area contributed by atoms with Gasteiger partial charge in [0.05, 0.1) is 16.1 Å². The van der Waals surface area contributed by atoms with Crippen LogP contribution in [0.1, 0.15) is 6.92 Å².